The summed E-state index contributed by atoms with van der Waals surface area (Å²) in [6.07, 6.45) is 4.06. The van der Waals surface area contributed by atoms with E-state index in [0.717, 1.165) is 43.6 Å². The number of fused-ring (bicyclic) bond motifs is 1. The zero-order chi connectivity index (χ0) is 16.7. The first-order chi connectivity index (χ1) is 11.6. The second-order valence-electron chi connectivity index (χ2n) is 6.70. The molecular formula is C20H21NO3. The lowest BCUT2D eigenvalue weighted by Gasteiger charge is -2.21. The van der Waals surface area contributed by atoms with Crippen molar-refractivity contribution in [2.24, 2.45) is 5.73 Å². The summed E-state index contributed by atoms with van der Waals surface area (Å²) >= 11 is 0. The summed E-state index contributed by atoms with van der Waals surface area (Å²) in [5, 5.41) is 0. The quantitative estimate of drug-likeness (QED) is 0.944. The second kappa shape index (κ2) is 5.64. The van der Waals surface area contributed by atoms with Gasteiger partial charge in [-0.1, -0.05) is 18.2 Å². The number of rotatable bonds is 3. The molecule has 1 spiro atoms. The maximum absolute atomic E-state index is 11.3. The van der Waals surface area contributed by atoms with Crippen LogP contribution in [-0.2, 0) is 17.6 Å². The fourth-order valence-electron chi connectivity index (χ4n) is 4.08. The minimum atomic E-state index is -0.403. The molecule has 1 atom stereocenters. The Kier molecular flexibility index (Phi) is 3.57. The van der Waals surface area contributed by atoms with Crippen molar-refractivity contribution in [1.29, 1.82) is 0 Å². The molecule has 0 aromatic heterocycles. The van der Waals surface area contributed by atoms with E-state index in [1.807, 2.05) is 18.2 Å². The molecule has 1 heterocycles. The number of hydrogen-bond acceptors (Lipinski definition) is 3. The largest absolute Gasteiger partial charge is 0.496 e. The van der Waals surface area contributed by atoms with Gasteiger partial charge in [0.1, 0.15) is 5.75 Å². The molecule has 124 valence electrons. The number of primary amides is 1. The molecule has 4 heteroatoms. The molecular weight excluding hydrogens is 302 g/mol. The Morgan fingerprint density at radius 1 is 1.12 bits per heavy atom. The van der Waals surface area contributed by atoms with Crippen LogP contribution in [0.1, 0.15) is 34.3 Å². The van der Waals surface area contributed by atoms with E-state index in [-0.39, 0.29) is 5.60 Å². The van der Waals surface area contributed by atoms with Crippen LogP contribution in [0.3, 0.4) is 0 Å². The normalized spacial score (nSPS) is 21.9. The van der Waals surface area contributed by atoms with Gasteiger partial charge < -0.3 is 15.2 Å². The minimum Gasteiger partial charge on any atom is -0.496 e. The van der Waals surface area contributed by atoms with E-state index in [9.17, 15) is 4.79 Å². The van der Waals surface area contributed by atoms with Crippen molar-refractivity contribution in [3.63, 3.8) is 0 Å². The highest BCUT2D eigenvalue weighted by atomic mass is 16.5. The van der Waals surface area contributed by atoms with Crippen molar-refractivity contribution in [2.45, 2.75) is 31.3 Å². The highest BCUT2D eigenvalue weighted by Gasteiger charge is 2.43. The lowest BCUT2D eigenvalue weighted by atomic mass is 9.94. The van der Waals surface area contributed by atoms with Gasteiger partial charge >= 0.3 is 0 Å². The number of methoxy groups -OCH3 is 1. The molecule has 4 rings (SSSR count). The van der Waals surface area contributed by atoms with Crippen LogP contribution >= 0.6 is 0 Å². The van der Waals surface area contributed by atoms with Crippen LogP contribution in [0.4, 0.5) is 0 Å². The minimum absolute atomic E-state index is 0.0567. The highest BCUT2D eigenvalue weighted by Crippen LogP contribution is 2.46. The molecule has 1 saturated heterocycles. The van der Waals surface area contributed by atoms with E-state index in [1.165, 1.54) is 16.7 Å². The third kappa shape index (κ3) is 2.38. The molecule has 1 amide bonds. The molecule has 0 radical (unpaired) electrons. The van der Waals surface area contributed by atoms with Crippen molar-refractivity contribution in [1.82, 2.24) is 0 Å². The van der Waals surface area contributed by atoms with Gasteiger partial charge in [0.15, 0.2) is 0 Å². The maximum Gasteiger partial charge on any atom is 0.248 e. The zero-order valence-corrected chi connectivity index (χ0v) is 13.8. The van der Waals surface area contributed by atoms with E-state index in [0.29, 0.717) is 5.56 Å². The summed E-state index contributed by atoms with van der Waals surface area (Å²) in [5.74, 6) is 0.537. The van der Waals surface area contributed by atoms with Crippen molar-refractivity contribution in [2.75, 3.05) is 13.7 Å². The van der Waals surface area contributed by atoms with Gasteiger partial charge in [-0.15, -0.1) is 0 Å². The maximum atomic E-state index is 11.3. The van der Waals surface area contributed by atoms with Crippen LogP contribution in [0.5, 0.6) is 5.75 Å². The Hall–Kier alpha value is -2.33. The highest BCUT2D eigenvalue weighted by molar-refractivity contribution is 5.93. The summed E-state index contributed by atoms with van der Waals surface area (Å²) in [4.78, 5) is 11.3. The predicted octanol–water partition coefficient (Wildman–Crippen LogP) is 3.11. The van der Waals surface area contributed by atoms with Crippen molar-refractivity contribution in [3.8, 4) is 16.9 Å². The molecule has 1 aliphatic heterocycles. The Morgan fingerprint density at radius 2 is 1.88 bits per heavy atom. The first-order valence-electron chi connectivity index (χ1n) is 8.35. The first kappa shape index (κ1) is 15.2. The molecule has 0 unspecified atom stereocenters. The van der Waals surface area contributed by atoms with Gasteiger partial charge in [0.25, 0.3) is 0 Å². The molecule has 1 aliphatic carbocycles. The summed E-state index contributed by atoms with van der Waals surface area (Å²) in [6, 6.07) is 11.6. The SMILES string of the molecule is COc1ccc(-c2ccc(C(N)=O)cc2)c2c1C[C@]1(CCCO1)C2. The van der Waals surface area contributed by atoms with E-state index in [2.05, 4.69) is 6.07 Å². The third-order valence-corrected chi connectivity index (χ3v) is 5.27. The van der Waals surface area contributed by atoms with E-state index in [1.54, 1.807) is 19.2 Å². The Labute approximate surface area is 141 Å². The van der Waals surface area contributed by atoms with Gasteiger partial charge in [0, 0.05) is 30.6 Å². The number of amides is 1. The summed E-state index contributed by atoms with van der Waals surface area (Å²) in [6.45, 7) is 0.846. The van der Waals surface area contributed by atoms with Gasteiger partial charge in [0.2, 0.25) is 5.91 Å². The van der Waals surface area contributed by atoms with Crippen LogP contribution in [-0.4, -0.2) is 25.2 Å². The Balaban J connectivity index is 1.78. The topological polar surface area (TPSA) is 61.5 Å². The number of benzene rings is 2. The Bertz CT molecular complexity index is 789. The average Bonchev–Trinajstić information content (AvgIpc) is 3.20. The van der Waals surface area contributed by atoms with Gasteiger partial charge in [-0.3, -0.25) is 4.79 Å². The first-order valence-corrected chi connectivity index (χ1v) is 8.35. The van der Waals surface area contributed by atoms with E-state index in [4.69, 9.17) is 15.2 Å². The standard InChI is InChI=1S/C20H21NO3/c1-23-18-8-7-15(13-3-5-14(6-4-13)19(21)22)16-11-20(12-17(16)18)9-2-10-24-20/h3-8H,2,9-12H2,1H3,(H2,21,22)/t20-/m0/s1. The van der Waals surface area contributed by atoms with Crippen LogP contribution < -0.4 is 10.5 Å². The third-order valence-electron chi connectivity index (χ3n) is 5.27. The summed E-state index contributed by atoms with van der Waals surface area (Å²) < 4.78 is 11.7. The summed E-state index contributed by atoms with van der Waals surface area (Å²) in [5.41, 5.74) is 10.7. The molecule has 24 heavy (non-hydrogen) atoms. The molecule has 1 fully saturated rings. The van der Waals surface area contributed by atoms with Crippen LogP contribution in [0.15, 0.2) is 36.4 Å². The molecule has 4 nitrogen and oxygen atoms in total. The lowest BCUT2D eigenvalue weighted by Crippen LogP contribution is -2.28. The second-order valence-corrected chi connectivity index (χ2v) is 6.70. The predicted molar refractivity (Wildman–Crippen MR) is 92.3 cm³/mol. The van der Waals surface area contributed by atoms with Crippen LogP contribution in [0.25, 0.3) is 11.1 Å². The van der Waals surface area contributed by atoms with Crippen molar-refractivity contribution >= 4 is 5.91 Å². The van der Waals surface area contributed by atoms with Gasteiger partial charge in [0.05, 0.1) is 12.7 Å². The molecule has 2 aromatic carbocycles. The fraction of sp³-hybridized carbons (Fsp3) is 0.350. The lowest BCUT2D eigenvalue weighted by molar-refractivity contribution is 0.0132. The van der Waals surface area contributed by atoms with Crippen molar-refractivity contribution in [3.05, 3.63) is 53.1 Å². The monoisotopic (exact) mass is 323 g/mol. The number of carbonyl (C=O) groups excluding carboxylic acids is 1. The van der Waals surface area contributed by atoms with Gasteiger partial charge in [-0.25, -0.2) is 0 Å². The summed E-state index contributed by atoms with van der Waals surface area (Å²) in [7, 11) is 1.72. The average molecular weight is 323 g/mol. The molecule has 2 aromatic rings. The van der Waals surface area contributed by atoms with Crippen LogP contribution in [0.2, 0.25) is 0 Å². The van der Waals surface area contributed by atoms with Gasteiger partial charge in [-0.05, 0) is 47.7 Å². The van der Waals surface area contributed by atoms with Crippen LogP contribution in [0, 0.1) is 0 Å². The zero-order valence-electron chi connectivity index (χ0n) is 13.8. The van der Waals surface area contributed by atoms with E-state index < -0.39 is 5.91 Å². The fourth-order valence-corrected chi connectivity index (χ4v) is 4.08. The smallest absolute Gasteiger partial charge is 0.248 e. The molecule has 0 saturated carbocycles. The van der Waals surface area contributed by atoms with E-state index >= 15 is 0 Å². The van der Waals surface area contributed by atoms with Crippen molar-refractivity contribution < 1.29 is 14.3 Å². The number of hydrogen-bond donors (Lipinski definition) is 1. The molecule has 2 aliphatic rings. The number of ether oxygens (including phenoxy) is 2. The van der Waals surface area contributed by atoms with Gasteiger partial charge in [-0.2, -0.15) is 0 Å². The Morgan fingerprint density at radius 3 is 2.50 bits per heavy atom. The number of carbonyl (C=O) groups is 1. The molecule has 0 bridgehead atoms. The molecule has 2 N–H and O–H groups in total. The number of nitrogens with two attached hydrogens (primary N) is 1.